The van der Waals surface area contributed by atoms with Crippen molar-refractivity contribution in [1.29, 1.82) is 0 Å². The highest BCUT2D eigenvalue weighted by molar-refractivity contribution is 6.04. The number of Topliss-reactive ketones (excluding diaryl/α,β-unsaturated/α-hetero) is 1. The maximum absolute atomic E-state index is 13.3. The summed E-state index contributed by atoms with van der Waals surface area (Å²) in [5, 5.41) is 0. The molecule has 3 aliphatic rings. The van der Waals surface area contributed by atoms with Crippen molar-refractivity contribution in [2.24, 2.45) is 11.3 Å². The molecule has 1 fully saturated rings. The van der Waals surface area contributed by atoms with Crippen LogP contribution in [0.5, 0.6) is 0 Å². The van der Waals surface area contributed by atoms with E-state index < -0.39 is 0 Å². The Labute approximate surface area is 127 Å². The molecule has 4 rings (SSSR count). The molecule has 0 heterocycles. The van der Waals surface area contributed by atoms with Crippen LogP contribution in [0.3, 0.4) is 0 Å². The van der Waals surface area contributed by atoms with Crippen LogP contribution in [-0.2, 0) is 6.42 Å². The minimum atomic E-state index is -0.0365. The molecule has 0 N–H and O–H groups in total. The fraction of sp³-hybridized carbons (Fsp3) is 0.550. The molecule has 0 amide bonds. The van der Waals surface area contributed by atoms with Gasteiger partial charge in [-0.05, 0) is 67.6 Å². The molecule has 110 valence electrons. The minimum Gasteiger partial charge on any atom is -0.294 e. The second kappa shape index (κ2) is 4.56. The van der Waals surface area contributed by atoms with E-state index in [1.54, 1.807) is 5.57 Å². The summed E-state index contributed by atoms with van der Waals surface area (Å²) in [4.78, 5) is 13.3. The number of carbonyl (C=O) groups excluding carboxylic acids is 1. The summed E-state index contributed by atoms with van der Waals surface area (Å²) in [5.74, 6) is 1.60. The Kier molecular flexibility index (Phi) is 2.89. The summed E-state index contributed by atoms with van der Waals surface area (Å²) < 4.78 is 0. The molecule has 1 heteroatoms. The first kappa shape index (κ1) is 13.3. The van der Waals surface area contributed by atoms with Crippen LogP contribution >= 0.6 is 0 Å². The molecule has 0 aromatic heterocycles. The summed E-state index contributed by atoms with van der Waals surface area (Å²) in [6.07, 6.45) is 9.05. The zero-order valence-electron chi connectivity index (χ0n) is 13.1. The van der Waals surface area contributed by atoms with Gasteiger partial charge < -0.3 is 0 Å². The predicted octanol–water partition coefficient (Wildman–Crippen LogP) is 5.06. The number of ketones is 1. The molecule has 0 aliphatic heterocycles. The molecule has 0 saturated heterocycles. The summed E-state index contributed by atoms with van der Waals surface area (Å²) in [5.41, 5.74) is 5.19. The average Bonchev–Trinajstić information content (AvgIpc) is 3.11. The van der Waals surface area contributed by atoms with Crippen molar-refractivity contribution in [2.75, 3.05) is 0 Å². The van der Waals surface area contributed by atoms with Crippen molar-refractivity contribution in [2.45, 2.75) is 58.3 Å². The molecule has 1 nitrogen and oxygen atoms in total. The molecule has 1 saturated carbocycles. The minimum absolute atomic E-state index is 0.0365. The Morgan fingerprint density at radius 1 is 1.38 bits per heavy atom. The van der Waals surface area contributed by atoms with Crippen LogP contribution in [0.15, 0.2) is 29.8 Å². The number of hydrogen-bond donors (Lipinski definition) is 0. The van der Waals surface area contributed by atoms with Gasteiger partial charge in [-0.25, -0.2) is 0 Å². The number of fused-ring (bicyclic) bond motifs is 4. The third-order valence-corrected chi connectivity index (χ3v) is 6.38. The maximum Gasteiger partial charge on any atom is 0.169 e. The Balaban J connectivity index is 1.75. The van der Waals surface area contributed by atoms with Gasteiger partial charge in [-0.1, -0.05) is 37.6 Å². The van der Waals surface area contributed by atoms with Crippen LogP contribution in [0.1, 0.15) is 73.4 Å². The Bertz CT molecular complexity index is 639. The van der Waals surface area contributed by atoms with Gasteiger partial charge in [0.1, 0.15) is 0 Å². The smallest absolute Gasteiger partial charge is 0.169 e. The molecule has 0 radical (unpaired) electrons. The van der Waals surface area contributed by atoms with Gasteiger partial charge in [0.2, 0.25) is 0 Å². The summed E-state index contributed by atoms with van der Waals surface area (Å²) >= 11 is 0. The molecule has 2 bridgehead atoms. The van der Waals surface area contributed by atoms with Crippen LogP contribution in [0.25, 0.3) is 0 Å². The monoisotopic (exact) mass is 280 g/mol. The van der Waals surface area contributed by atoms with Gasteiger partial charge >= 0.3 is 0 Å². The SMILES string of the molecule is CCC(C)c1ccc2c(c1)C(=O)C1(CC2)CC2=CCC1C2. The number of rotatable bonds is 2. The quantitative estimate of drug-likeness (QED) is 0.692. The number of carbonyl (C=O) groups is 1. The first-order valence-corrected chi connectivity index (χ1v) is 8.49. The second-order valence-electron chi connectivity index (χ2n) is 7.39. The normalized spacial score (nSPS) is 31.4. The standard InChI is InChI=1S/C20H24O/c1-3-13(2)16-6-5-15-8-9-20(19(21)18(15)11-16)12-14-4-7-17(20)10-14/h4-6,11,13,17H,3,7-10,12H2,1-2H3. The van der Waals surface area contributed by atoms with Gasteiger partial charge in [0, 0.05) is 11.0 Å². The van der Waals surface area contributed by atoms with E-state index in [9.17, 15) is 4.79 Å². The first-order chi connectivity index (χ1) is 10.1. The third kappa shape index (κ3) is 1.79. The lowest BCUT2D eigenvalue weighted by Crippen LogP contribution is -2.39. The number of hydrogen-bond acceptors (Lipinski definition) is 1. The van der Waals surface area contributed by atoms with Gasteiger partial charge in [-0.3, -0.25) is 4.79 Å². The van der Waals surface area contributed by atoms with Crippen molar-refractivity contribution in [3.63, 3.8) is 0 Å². The highest BCUT2D eigenvalue weighted by Gasteiger charge is 2.53. The van der Waals surface area contributed by atoms with Crippen LogP contribution in [-0.4, -0.2) is 5.78 Å². The number of benzene rings is 1. The van der Waals surface area contributed by atoms with Crippen molar-refractivity contribution >= 4 is 5.78 Å². The van der Waals surface area contributed by atoms with E-state index in [-0.39, 0.29) is 5.41 Å². The van der Waals surface area contributed by atoms with E-state index in [0.29, 0.717) is 17.6 Å². The highest BCUT2D eigenvalue weighted by atomic mass is 16.1. The summed E-state index contributed by atoms with van der Waals surface area (Å²) in [7, 11) is 0. The molecule has 1 aromatic carbocycles. The lowest BCUT2D eigenvalue weighted by molar-refractivity contribution is 0.0670. The fourth-order valence-corrected chi connectivity index (χ4v) is 4.77. The topological polar surface area (TPSA) is 17.1 Å². The van der Waals surface area contributed by atoms with Gasteiger partial charge in [0.15, 0.2) is 5.78 Å². The van der Waals surface area contributed by atoms with Gasteiger partial charge in [-0.15, -0.1) is 0 Å². The molecule has 1 aromatic rings. The molecule has 3 atom stereocenters. The van der Waals surface area contributed by atoms with E-state index in [1.165, 1.54) is 17.5 Å². The van der Waals surface area contributed by atoms with Crippen molar-refractivity contribution in [3.05, 3.63) is 46.5 Å². The average molecular weight is 280 g/mol. The lowest BCUT2D eigenvalue weighted by atomic mass is 9.63. The maximum atomic E-state index is 13.3. The molecule has 3 unspecified atom stereocenters. The largest absolute Gasteiger partial charge is 0.294 e. The second-order valence-corrected chi connectivity index (χ2v) is 7.39. The molecular formula is C20H24O. The Morgan fingerprint density at radius 2 is 2.24 bits per heavy atom. The van der Waals surface area contributed by atoms with E-state index in [2.05, 4.69) is 38.1 Å². The van der Waals surface area contributed by atoms with E-state index in [1.807, 2.05) is 0 Å². The van der Waals surface area contributed by atoms with Crippen LogP contribution in [0, 0.1) is 11.3 Å². The lowest BCUT2D eigenvalue weighted by Gasteiger charge is -2.39. The molecule has 21 heavy (non-hydrogen) atoms. The van der Waals surface area contributed by atoms with Crippen molar-refractivity contribution in [3.8, 4) is 0 Å². The number of allylic oxidation sites excluding steroid dienone is 2. The highest BCUT2D eigenvalue weighted by Crippen LogP contribution is 2.58. The number of aryl methyl sites for hydroxylation is 1. The van der Waals surface area contributed by atoms with Crippen molar-refractivity contribution < 1.29 is 4.79 Å². The zero-order valence-corrected chi connectivity index (χ0v) is 13.1. The first-order valence-electron chi connectivity index (χ1n) is 8.49. The predicted molar refractivity (Wildman–Crippen MR) is 85.7 cm³/mol. The Morgan fingerprint density at radius 3 is 2.90 bits per heavy atom. The zero-order chi connectivity index (χ0) is 14.6. The van der Waals surface area contributed by atoms with E-state index in [4.69, 9.17) is 0 Å². The summed E-state index contributed by atoms with van der Waals surface area (Å²) in [6, 6.07) is 6.67. The van der Waals surface area contributed by atoms with Gasteiger partial charge in [0.05, 0.1) is 0 Å². The molecule has 3 aliphatic carbocycles. The van der Waals surface area contributed by atoms with Crippen LogP contribution < -0.4 is 0 Å². The van der Waals surface area contributed by atoms with Crippen LogP contribution in [0.4, 0.5) is 0 Å². The third-order valence-electron chi connectivity index (χ3n) is 6.38. The summed E-state index contributed by atoms with van der Waals surface area (Å²) in [6.45, 7) is 4.48. The fourth-order valence-electron chi connectivity index (χ4n) is 4.77. The van der Waals surface area contributed by atoms with E-state index in [0.717, 1.165) is 37.7 Å². The van der Waals surface area contributed by atoms with E-state index >= 15 is 0 Å². The molecule has 1 spiro atoms. The van der Waals surface area contributed by atoms with Crippen LogP contribution in [0.2, 0.25) is 0 Å². The van der Waals surface area contributed by atoms with Crippen molar-refractivity contribution in [1.82, 2.24) is 0 Å². The van der Waals surface area contributed by atoms with Gasteiger partial charge in [-0.2, -0.15) is 0 Å². The molecular weight excluding hydrogens is 256 g/mol. The van der Waals surface area contributed by atoms with Gasteiger partial charge in [0.25, 0.3) is 0 Å². The Hall–Kier alpha value is -1.37.